The van der Waals surface area contributed by atoms with E-state index in [9.17, 15) is 19.2 Å². The van der Waals surface area contributed by atoms with E-state index in [2.05, 4.69) is 17.2 Å². The highest BCUT2D eigenvalue weighted by Crippen LogP contribution is 2.32. The highest BCUT2D eigenvalue weighted by molar-refractivity contribution is 8.13. The number of carbonyl (C=O) groups is 4. The predicted molar refractivity (Wildman–Crippen MR) is 181 cm³/mol. The third-order valence-electron chi connectivity index (χ3n) is 6.88. The molecule has 2 N–H and O–H groups in total. The van der Waals surface area contributed by atoms with Crippen molar-refractivity contribution < 1.29 is 33.4 Å². The predicted octanol–water partition coefficient (Wildman–Crippen LogP) is 6.22. The summed E-state index contributed by atoms with van der Waals surface area (Å²) in [4.78, 5) is 53.1. The number of hydrogen-bond donors (Lipinski definition) is 2. The van der Waals surface area contributed by atoms with Crippen molar-refractivity contribution in [2.45, 2.75) is 56.5 Å². The monoisotopic (exact) mass is 657 g/mol. The summed E-state index contributed by atoms with van der Waals surface area (Å²) in [5.74, 6) is -0.234. The molecule has 244 valence electrons. The Morgan fingerprint density at radius 2 is 1.87 bits per heavy atom. The Hall–Kier alpha value is -3.64. The van der Waals surface area contributed by atoms with Crippen LogP contribution in [0.4, 0.5) is 15.3 Å². The van der Waals surface area contributed by atoms with Crippen LogP contribution < -0.4 is 10.6 Å². The molecule has 3 rings (SSSR count). The number of nitrogens with one attached hydrogen (secondary N) is 2. The number of amides is 2. The van der Waals surface area contributed by atoms with Crippen LogP contribution in [0.5, 0.6) is 0 Å². The zero-order valence-corrected chi connectivity index (χ0v) is 28.1. The van der Waals surface area contributed by atoms with E-state index < -0.39 is 34.9 Å². The summed E-state index contributed by atoms with van der Waals surface area (Å²) in [6.45, 7) is 9.77. The van der Waals surface area contributed by atoms with E-state index in [1.54, 1.807) is 22.7 Å². The smallest absolute Gasteiger partial charge is 0.410 e. The molecule has 10 nitrogen and oxygen atoms in total. The van der Waals surface area contributed by atoms with Gasteiger partial charge in [0.25, 0.3) is 5.91 Å². The fraction of sp³-hybridized carbons (Fsp3) is 0.455. The van der Waals surface area contributed by atoms with E-state index >= 15 is 0 Å². The normalized spacial score (nSPS) is 16.8. The van der Waals surface area contributed by atoms with Crippen LogP contribution in [0.15, 0.2) is 61.2 Å². The summed E-state index contributed by atoms with van der Waals surface area (Å²) < 4.78 is 15.7. The molecule has 0 aromatic heterocycles. The molecular weight excluding hydrogens is 615 g/mol. The first-order valence-corrected chi connectivity index (χ1v) is 17.0. The molecule has 3 unspecified atom stereocenters. The van der Waals surface area contributed by atoms with Crippen LogP contribution in [-0.2, 0) is 19.0 Å². The van der Waals surface area contributed by atoms with Crippen molar-refractivity contribution in [1.82, 2.24) is 10.2 Å². The second-order valence-corrected chi connectivity index (χ2v) is 13.7. The molecule has 1 saturated heterocycles. The topological polar surface area (TPSA) is 123 Å². The number of anilines is 1. The third-order valence-corrected chi connectivity index (χ3v) is 8.47. The van der Waals surface area contributed by atoms with E-state index in [1.165, 1.54) is 13.2 Å². The van der Waals surface area contributed by atoms with Gasteiger partial charge in [0.2, 0.25) is 0 Å². The quantitative estimate of drug-likeness (QED) is 0.146. The van der Waals surface area contributed by atoms with Crippen molar-refractivity contribution in [3.8, 4) is 11.1 Å². The minimum atomic E-state index is -0.789. The average Bonchev–Trinajstić information content (AvgIpc) is 3.41. The van der Waals surface area contributed by atoms with Gasteiger partial charge in [0.1, 0.15) is 18.2 Å². The van der Waals surface area contributed by atoms with E-state index in [0.717, 1.165) is 17.3 Å². The summed E-state index contributed by atoms with van der Waals surface area (Å²) in [5, 5.41) is 5.65. The molecule has 0 radical (unpaired) electrons. The number of thioether (sulfide) groups is 2. The molecule has 0 bridgehead atoms. The highest BCUT2D eigenvalue weighted by Gasteiger charge is 2.38. The Morgan fingerprint density at radius 1 is 1.13 bits per heavy atom. The van der Waals surface area contributed by atoms with Crippen molar-refractivity contribution in [2.75, 3.05) is 44.1 Å². The molecule has 2 amide bonds. The minimum absolute atomic E-state index is 0.0717. The van der Waals surface area contributed by atoms with Crippen molar-refractivity contribution in [3.05, 3.63) is 66.7 Å². The molecule has 0 saturated carbocycles. The summed E-state index contributed by atoms with van der Waals surface area (Å²) in [5.41, 5.74) is 1.98. The lowest BCUT2D eigenvalue weighted by Gasteiger charge is -2.24. The van der Waals surface area contributed by atoms with Crippen LogP contribution >= 0.6 is 23.5 Å². The van der Waals surface area contributed by atoms with Crippen molar-refractivity contribution in [1.29, 1.82) is 0 Å². The van der Waals surface area contributed by atoms with Gasteiger partial charge in [-0.25, -0.2) is 14.4 Å². The van der Waals surface area contributed by atoms with Gasteiger partial charge in [-0.1, -0.05) is 49.1 Å². The number of nitrogens with zero attached hydrogens (tertiary/aromatic N) is 1. The molecule has 12 heteroatoms. The van der Waals surface area contributed by atoms with Crippen LogP contribution in [0, 0.1) is 0 Å². The van der Waals surface area contributed by atoms with Crippen molar-refractivity contribution in [3.63, 3.8) is 0 Å². The first kappa shape index (κ1) is 35.8. The largest absolute Gasteiger partial charge is 0.467 e. The maximum Gasteiger partial charge on any atom is 0.410 e. The standard InChI is InChI=1S/C33H43N3O7S2/c1-7-16-42-31(39)36-21-25(45-32(40)43-33(2,3)4)19-24(36)20-34-23-13-14-26(22-11-9-8-10-12-22)27(18-23)29(37)35-28(15-17-44-6)30(38)41-5/h7-14,18,24-25,28,34H,1,15-17,19-21H2,2-6H3,(H,35,37). The molecule has 1 aliphatic rings. The molecule has 1 aliphatic heterocycles. The maximum absolute atomic E-state index is 13.7. The number of rotatable bonds is 13. The average molecular weight is 658 g/mol. The summed E-state index contributed by atoms with van der Waals surface area (Å²) in [6.07, 6.45) is 3.90. The van der Waals surface area contributed by atoms with Gasteiger partial charge in [-0.15, -0.1) is 0 Å². The molecule has 0 spiro atoms. The Labute approximate surface area is 274 Å². The minimum Gasteiger partial charge on any atom is -0.467 e. The van der Waals surface area contributed by atoms with Crippen molar-refractivity contribution >= 4 is 52.5 Å². The van der Waals surface area contributed by atoms with Gasteiger partial charge >= 0.3 is 17.4 Å². The maximum atomic E-state index is 13.7. The lowest BCUT2D eigenvalue weighted by Crippen LogP contribution is -2.42. The summed E-state index contributed by atoms with van der Waals surface area (Å²) in [6, 6.07) is 13.9. The number of ether oxygens (including phenoxy) is 3. The number of benzene rings is 2. The lowest BCUT2D eigenvalue weighted by atomic mass is 9.98. The molecule has 1 fully saturated rings. The zero-order chi connectivity index (χ0) is 33.0. The number of hydrogen-bond acceptors (Lipinski definition) is 10. The molecule has 2 aromatic carbocycles. The van der Waals surface area contributed by atoms with Crippen molar-refractivity contribution in [2.24, 2.45) is 0 Å². The third kappa shape index (κ3) is 11.0. The fourth-order valence-corrected chi connectivity index (χ4v) is 6.40. The van der Waals surface area contributed by atoms with Gasteiger partial charge in [0.15, 0.2) is 0 Å². The number of esters is 1. The van der Waals surface area contributed by atoms with Gasteiger partial charge in [0.05, 0.1) is 13.2 Å². The molecule has 45 heavy (non-hydrogen) atoms. The Bertz CT molecular complexity index is 1330. The molecule has 3 atom stereocenters. The molecule has 2 aromatic rings. The van der Waals surface area contributed by atoms with E-state index in [1.807, 2.05) is 69.5 Å². The van der Waals surface area contributed by atoms with E-state index in [0.29, 0.717) is 48.5 Å². The lowest BCUT2D eigenvalue weighted by molar-refractivity contribution is -0.142. The first-order chi connectivity index (χ1) is 21.4. The highest BCUT2D eigenvalue weighted by atomic mass is 32.2. The second kappa shape index (κ2) is 17.2. The Balaban J connectivity index is 1.83. The van der Waals surface area contributed by atoms with Crippen LogP contribution in [-0.4, -0.2) is 89.9 Å². The van der Waals surface area contributed by atoms with E-state index in [4.69, 9.17) is 14.2 Å². The Kier molecular flexibility index (Phi) is 13.7. The molecule has 0 aliphatic carbocycles. The van der Waals surface area contributed by atoms with Crippen LogP contribution in [0.2, 0.25) is 0 Å². The SMILES string of the molecule is C=CCOC(=O)N1CC(SC(=O)OC(C)(C)C)CC1CNc1ccc(-c2ccccc2)c(C(=O)NC(CCSC)C(=O)OC)c1. The molecule has 1 heterocycles. The zero-order valence-electron chi connectivity index (χ0n) is 26.5. The fourth-order valence-electron chi connectivity index (χ4n) is 4.81. The van der Waals surface area contributed by atoms with Crippen LogP contribution in [0.1, 0.15) is 44.0 Å². The van der Waals surface area contributed by atoms with Gasteiger partial charge in [0, 0.05) is 29.6 Å². The van der Waals surface area contributed by atoms with Gasteiger partial charge in [-0.05, 0) is 80.6 Å². The number of likely N-dealkylation sites (tertiary alicyclic amines) is 1. The van der Waals surface area contributed by atoms with E-state index in [-0.39, 0.29) is 17.9 Å². The second-order valence-electron chi connectivity index (χ2n) is 11.4. The Morgan fingerprint density at radius 3 is 2.51 bits per heavy atom. The van der Waals surface area contributed by atoms with Gasteiger partial charge < -0.3 is 29.7 Å². The van der Waals surface area contributed by atoms with Crippen LogP contribution in [0.3, 0.4) is 0 Å². The van der Waals surface area contributed by atoms with Crippen LogP contribution in [0.25, 0.3) is 11.1 Å². The molecular formula is C33H43N3O7S2. The van der Waals surface area contributed by atoms with Gasteiger partial charge in [-0.2, -0.15) is 11.8 Å². The number of carbonyl (C=O) groups excluding carboxylic acids is 4. The summed E-state index contributed by atoms with van der Waals surface area (Å²) >= 11 is 2.65. The van der Waals surface area contributed by atoms with Gasteiger partial charge in [-0.3, -0.25) is 4.79 Å². The number of methoxy groups -OCH3 is 1. The first-order valence-electron chi connectivity index (χ1n) is 14.7. The summed E-state index contributed by atoms with van der Waals surface area (Å²) in [7, 11) is 1.30.